The molecule has 0 aliphatic heterocycles. The third-order valence-electron chi connectivity index (χ3n) is 1.24. The number of ether oxygens (including phenoxy) is 2. The van der Waals surface area contributed by atoms with E-state index >= 15 is 0 Å². The topological polar surface area (TPSA) is 130 Å². The second-order valence-electron chi connectivity index (χ2n) is 2.46. The van der Waals surface area contributed by atoms with E-state index in [1.165, 1.54) is 0 Å². The minimum Gasteiger partial charge on any atom is -0.478 e. The van der Waals surface area contributed by atoms with Gasteiger partial charge in [0.15, 0.2) is 0 Å². The van der Waals surface area contributed by atoms with Crippen LogP contribution in [0.2, 0.25) is 0 Å². The average molecular weight is 208 g/mol. The van der Waals surface area contributed by atoms with Crippen molar-refractivity contribution >= 4 is 18.3 Å². The van der Waals surface area contributed by atoms with E-state index in [4.69, 9.17) is 15.3 Å². The van der Waals surface area contributed by atoms with Crippen LogP contribution >= 0.6 is 0 Å². The molecule has 0 saturated heterocycles. The Morgan fingerprint density at radius 3 is 1.93 bits per heavy atom. The first kappa shape index (κ1) is 12.0. The van der Waals surface area contributed by atoms with Crippen LogP contribution in [0.4, 0.5) is 9.59 Å². The van der Waals surface area contributed by atoms with E-state index in [-0.39, 0.29) is 0 Å². The molecule has 0 aromatic carbocycles. The van der Waals surface area contributed by atoms with Gasteiger partial charge in [0.1, 0.15) is 6.61 Å². The van der Waals surface area contributed by atoms with E-state index in [2.05, 4.69) is 9.47 Å². The molecule has 3 N–H and O–H groups in total. The highest BCUT2D eigenvalue weighted by molar-refractivity contribution is 5.80. The van der Waals surface area contributed by atoms with Crippen molar-refractivity contribution in [1.29, 1.82) is 0 Å². The van der Waals surface area contributed by atoms with E-state index in [0.717, 1.165) is 6.92 Å². The van der Waals surface area contributed by atoms with Crippen LogP contribution in [0.1, 0.15) is 6.92 Å². The summed E-state index contributed by atoms with van der Waals surface area (Å²) in [6.07, 6.45) is -3.55. The second-order valence-corrected chi connectivity index (χ2v) is 2.46. The largest absolute Gasteiger partial charge is 0.507 e. The van der Waals surface area contributed by atoms with Crippen LogP contribution < -0.4 is 0 Å². The van der Waals surface area contributed by atoms with Gasteiger partial charge >= 0.3 is 18.3 Å². The predicted octanol–water partition coefficient (Wildman–Crippen LogP) is 0.219. The van der Waals surface area contributed by atoms with Gasteiger partial charge in [-0.1, -0.05) is 0 Å². The van der Waals surface area contributed by atoms with Crippen LogP contribution in [-0.4, -0.2) is 45.8 Å². The third-order valence-corrected chi connectivity index (χ3v) is 1.24. The van der Waals surface area contributed by atoms with Gasteiger partial charge in [0, 0.05) is 0 Å². The van der Waals surface area contributed by atoms with Crippen molar-refractivity contribution in [2.45, 2.75) is 12.5 Å². The van der Waals surface area contributed by atoms with Gasteiger partial charge in [-0.15, -0.1) is 0 Å². The minimum atomic E-state index is -2.23. The van der Waals surface area contributed by atoms with Crippen molar-refractivity contribution in [2.75, 3.05) is 6.61 Å². The van der Waals surface area contributed by atoms with Crippen LogP contribution in [0.5, 0.6) is 0 Å². The molecule has 0 fully saturated rings. The second kappa shape index (κ2) is 4.30. The van der Waals surface area contributed by atoms with Crippen LogP contribution in [0.3, 0.4) is 0 Å². The van der Waals surface area contributed by atoms with E-state index in [0.29, 0.717) is 0 Å². The first-order chi connectivity index (χ1) is 6.28. The lowest BCUT2D eigenvalue weighted by Crippen LogP contribution is -2.44. The zero-order valence-electron chi connectivity index (χ0n) is 7.09. The van der Waals surface area contributed by atoms with Crippen molar-refractivity contribution in [2.24, 2.45) is 0 Å². The molecule has 0 heterocycles. The van der Waals surface area contributed by atoms with Crippen LogP contribution in [0.25, 0.3) is 0 Å². The van der Waals surface area contributed by atoms with Crippen molar-refractivity contribution in [3.8, 4) is 0 Å². The molecule has 14 heavy (non-hydrogen) atoms. The molecule has 0 radical (unpaired) electrons. The molecule has 0 aromatic heterocycles. The van der Waals surface area contributed by atoms with E-state index < -0.39 is 30.5 Å². The molecular weight excluding hydrogens is 200 g/mol. The minimum absolute atomic E-state index is 0.881. The van der Waals surface area contributed by atoms with E-state index in [9.17, 15) is 14.4 Å². The zero-order chi connectivity index (χ0) is 11.4. The fourth-order valence-electron chi connectivity index (χ4n) is 0.527. The molecule has 8 nitrogen and oxygen atoms in total. The number of hydrogen-bond acceptors (Lipinski definition) is 5. The van der Waals surface area contributed by atoms with Gasteiger partial charge < -0.3 is 24.8 Å². The zero-order valence-corrected chi connectivity index (χ0v) is 7.09. The maximum absolute atomic E-state index is 10.5. The maximum Gasteiger partial charge on any atom is 0.507 e. The fourth-order valence-corrected chi connectivity index (χ4v) is 0.527. The SMILES string of the molecule is CC(COC(=O)O)(OC(=O)O)C(=O)O. The quantitative estimate of drug-likeness (QED) is 0.559. The van der Waals surface area contributed by atoms with Crippen molar-refractivity contribution in [3.05, 3.63) is 0 Å². The summed E-state index contributed by atoms with van der Waals surface area (Å²) in [6.45, 7) is -0.0314. The standard InChI is InChI=1S/C6H8O8/c1-6(3(7)8,14-5(11)12)2-13-4(9)10/h2H2,1H3,(H,7,8)(H,9,10)(H,11,12). The van der Waals surface area contributed by atoms with Crippen LogP contribution in [-0.2, 0) is 14.3 Å². The number of carbonyl (C=O) groups is 3. The molecule has 0 aromatic rings. The maximum atomic E-state index is 10.5. The first-order valence-corrected chi connectivity index (χ1v) is 3.29. The highest BCUT2D eigenvalue weighted by atomic mass is 16.7. The molecule has 8 heteroatoms. The van der Waals surface area contributed by atoms with Gasteiger partial charge in [-0.05, 0) is 6.92 Å². The predicted molar refractivity (Wildman–Crippen MR) is 39.1 cm³/mol. The lowest BCUT2D eigenvalue weighted by molar-refractivity contribution is -0.163. The molecule has 0 bridgehead atoms. The number of hydrogen-bond donors (Lipinski definition) is 3. The van der Waals surface area contributed by atoms with Gasteiger partial charge in [-0.2, -0.15) is 0 Å². The third kappa shape index (κ3) is 3.61. The number of rotatable bonds is 4. The Morgan fingerprint density at radius 2 is 1.64 bits per heavy atom. The molecule has 0 spiro atoms. The summed E-state index contributed by atoms with van der Waals surface area (Å²) < 4.78 is 7.90. The molecule has 0 saturated carbocycles. The summed E-state index contributed by atoms with van der Waals surface area (Å²) in [5.74, 6) is -1.64. The average Bonchev–Trinajstić information content (AvgIpc) is 1.99. The smallest absolute Gasteiger partial charge is 0.478 e. The lowest BCUT2D eigenvalue weighted by atomic mass is 10.1. The molecule has 80 valence electrons. The lowest BCUT2D eigenvalue weighted by Gasteiger charge is -2.21. The summed E-state index contributed by atoms with van der Waals surface area (Å²) in [7, 11) is 0. The van der Waals surface area contributed by atoms with Crippen LogP contribution in [0, 0.1) is 0 Å². The summed E-state index contributed by atoms with van der Waals surface area (Å²) in [6, 6.07) is 0. The Hall–Kier alpha value is -1.99. The molecule has 0 aliphatic carbocycles. The molecule has 0 rings (SSSR count). The highest BCUT2D eigenvalue weighted by Gasteiger charge is 2.39. The van der Waals surface area contributed by atoms with Gasteiger partial charge in [0.25, 0.3) is 0 Å². The van der Waals surface area contributed by atoms with Crippen molar-refractivity contribution in [3.63, 3.8) is 0 Å². The van der Waals surface area contributed by atoms with Gasteiger partial charge in [-0.25, -0.2) is 14.4 Å². The molecule has 1 unspecified atom stereocenters. The summed E-state index contributed by atoms with van der Waals surface area (Å²) >= 11 is 0. The van der Waals surface area contributed by atoms with Crippen LogP contribution in [0.15, 0.2) is 0 Å². The number of carboxylic acids is 1. The monoisotopic (exact) mass is 208 g/mol. The Morgan fingerprint density at radius 1 is 1.14 bits per heavy atom. The van der Waals surface area contributed by atoms with E-state index in [1.54, 1.807) is 0 Å². The molecule has 0 aliphatic rings. The van der Waals surface area contributed by atoms with Crippen molar-refractivity contribution in [1.82, 2.24) is 0 Å². The van der Waals surface area contributed by atoms with E-state index in [1.807, 2.05) is 0 Å². The van der Waals surface area contributed by atoms with Gasteiger partial charge in [0.2, 0.25) is 5.60 Å². The normalized spacial score (nSPS) is 13.8. The molecule has 0 amide bonds. The summed E-state index contributed by atoms with van der Waals surface area (Å²) in [5, 5.41) is 24.8. The summed E-state index contributed by atoms with van der Waals surface area (Å²) in [5.41, 5.74) is -2.23. The number of aliphatic carboxylic acids is 1. The Balaban J connectivity index is 4.47. The number of carboxylic acid groups (broad SMARTS) is 3. The fraction of sp³-hybridized carbons (Fsp3) is 0.500. The molecular formula is C6H8O8. The van der Waals surface area contributed by atoms with Gasteiger partial charge in [0.05, 0.1) is 0 Å². The Labute approximate surface area is 77.7 Å². The summed E-state index contributed by atoms with van der Waals surface area (Å²) in [4.78, 5) is 30.5. The highest BCUT2D eigenvalue weighted by Crippen LogP contribution is 2.11. The Kier molecular flexibility index (Phi) is 3.69. The first-order valence-electron chi connectivity index (χ1n) is 3.29. The Bertz CT molecular complexity index is 259. The molecule has 1 atom stereocenters. The van der Waals surface area contributed by atoms with Gasteiger partial charge in [-0.3, -0.25) is 0 Å². The van der Waals surface area contributed by atoms with Crippen molar-refractivity contribution < 1.29 is 39.2 Å².